The maximum atomic E-state index is 10.9. The zero-order chi connectivity index (χ0) is 14.6. The number of hydrogen-bond acceptors (Lipinski definition) is 6. The Hall–Kier alpha value is -2.11. The van der Waals surface area contributed by atoms with Crippen LogP contribution in [0.2, 0.25) is 0 Å². The maximum Gasteiger partial charge on any atom is 0.303 e. The van der Waals surface area contributed by atoms with E-state index in [0.717, 1.165) is 0 Å². The molecule has 0 fully saturated rings. The summed E-state index contributed by atoms with van der Waals surface area (Å²) in [6.07, 6.45) is 0. The van der Waals surface area contributed by atoms with Crippen molar-refractivity contribution in [2.75, 3.05) is 0 Å². The summed E-state index contributed by atoms with van der Waals surface area (Å²) in [5, 5.41) is 9.84. The Morgan fingerprint density at radius 3 is 2.16 bits per heavy atom. The molecule has 0 saturated heterocycles. The number of rotatable bonds is 4. The largest absolute Gasteiger partial charge is 0.506 e. The Morgan fingerprint density at radius 2 is 1.63 bits per heavy atom. The predicted octanol–water partition coefficient (Wildman–Crippen LogP) is 1.53. The summed E-state index contributed by atoms with van der Waals surface area (Å²) in [6, 6.07) is 0. The lowest BCUT2D eigenvalue weighted by Gasteiger charge is -2.14. The molecule has 0 aliphatic rings. The Bertz CT molecular complexity index is 510. The third-order valence-electron chi connectivity index (χ3n) is 2.63. The van der Waals surface area contributed by atoms with Gasteiger partial charge in [0.05, 0.1) is 11.4 Å². The normalized spacial score (nSPS) is 10.1. The van der Waals surface area contributed by atoms with Crippen molar-refractivity contribution in [1.82, 2.24) is 4.98 Å². The zero-order valence-electron chi connectivity index (χ0n) is 11.4. The van der Waals surface area contributed by atoms with Crippen molar-refractivity contribution in [3.63, 3.8) is 0 Å². The fourth-order valence-corrected chi connectivity index (χ4v) is 1.61. The Kier molecular flexibility index (Phi) is 4.86. The number of carbonyl (C=O) groups excluding carboxylic acids is 2. The van der Waals surface area contributed by atoms with Crippen LogP contribution in [-0.2, 0) is 32.3 Å². The van der Waals surface area contributed by atoms with Crippen molar-refractivity contribution in [1.29, 1.82) is 0 Å². The van der Waals surface area contributed by atoms with Gasteiger partial charge < -0.3 is 14.6 Å². The number of aromatic hydroxyl groups is 1. The molecule has 0 aliphatic heterocycles. The molecule has 1 aromatic rings. The van der Waals surface area contributed by atoms with E-state index in [0.29, 0.717) is 22.5 Å². The van der Waals surface area contributed by atoms with Gasteiger partial charge in [0, 0.05) is 25.0 Å². The van der Waals surface area contributed by atoms with Crippen LogP contribution in [-0.4, -0.2) is 22.0 Å². The van der Waals surface area contributed by atoms with E-state index in [9.17, 15) is 14.7 Å². The summed E-state index contributed by atoms with van der Waals surface area (Å²) in [5.74, 6) is -0.810. The lowest BCUT2D eigenvalue weighted by atomic mass is 10.1. The summed E-state index contributed by atoms with van der Waals surface area (Å²) < 4.78 is 9.82. The second-order valence-electron chi connectivity index (χ2n) is 4.16. The summed E-state index contributed by atoms with van der Waals surface area (Å²) in [6.45, 7) is 5.90. The maximum absolute atomic E-state index is 10.9. The summed E-state index contributed by atoms with van der Waals surface area (Å²) in [5.41, 5.74) is 2.03. The minimum atomic E-state index is -0.432. The Labute approximate surface area is 111 Å². The highest BCUT2D eigenvalue weighted by Gasteiger charge is 2.16. The molecular formula is C13H17NO5. The second kappa shape index (κ2) is 6.17. The molecule has 0 unspecified atom stereocenters. The van der Waals surface area contributed by atoms with Crippen LogP contribution in [0.1, 0.15) is 36.4 Å². The molecule has 0 amide bonds. The number of nitrogens with zero attached hydrogens (tertiary/aromatic N) is 1. The van der Waals surface area contributed by atoms with E-state index in [1.54, 1.807) is 13.8 Å². The van der Waals surface area contributed by atoms with Crippen molar-refractivity contribution in [2.45, 2.75) is 40.9 Å². The fraction of sp³-hybridized carbons (Fsp3) is 0.462. The number of aryl methyl sites for hydroxylation is 1. The molecule has 0 radical (unpaired) electrons. The van der Waals surface area contributed by atoms with Crippen LogP contribution >= 0.6 is 0 Å². The molecule has 0 atom stereocenters. The van der Waals surface area contributed by atoms with Gasteiger partial charge in [-0.05, 0) is 13.8 Å². The van der Waals surface area contributed by atoms with E-state index in [4.69, 9.17) is 9.47 Å². The summed E-state index contributed by atoms with van der Waals surface area (Å²) in [7, 11) is 0. The van der Waals surface area contributed by atoms with E-state index < -0.39 is 11.9 Å². The van der Waals surface area contributed by atoms with Gasteiger partial charge in [-0.15, -0.1) is 0 Å². The van der Waals surface area contributed by atoms with E-state index in [1.807, 2.05) is 0 Å². The van der Waals surface area contributed by atoms with Gasteiger partial charge >= 0.3 is 11.9 Å². The van der Waals surface area contributed by atoms with Gasteiger partial charge in [-0.2, -0.15) is 0 Å². The molecule has 1 N–H and O–H groups in total. The van der Waals surface area contributed by atoms with Crippen LogP contribution in [0, 0.1) is 13.8 Å². The molecule has 19 heavy (non-hydrogen) atoms. The van der Waals surface area contributed by atoms with Crippen molar-refractivity contribution >= 4 is 11.9 Å². The third kappa shape index (κ3) is 3.94. The first-order valence-corrected chi connectivity index (χ1v) is 5.77. The van der Waals surface area contributed by atoms with Gasteiger partial charge in [-0.25, -0.2) is 0 Å². The molecule has 1 rings (SSSR count). The predicted molar refractivity (Wildman–Crippen MR) is 66.3 cm³/mol. The quantitative estimate of drug-likeness (QED) is 0.833. The first-order valence-electron chi connectivity index (χ1n) is 5.77. The van der Waals surface area contributed by atoms with Crippen molar-refractivity contribution in [3.8, 4) is 5.75 Å². The molecule has 0 bridgehead atoms. The minimum absolute atomic E-state index is 0.0153. The summed E-state index contributed by atoms with van der Waals surface area (Å²) >= 11 is 0. The number of pyridine rings is 1. The average Bonchev–Trinajstić information content (AvgIpc) is 2.32. The Balaban J connectivity index is 3.10. The number of hydrogen-bond donors (Lipinski definition) is 1. The van der Waals surface area contributed by atoms with Crippen LogP contribution in [0.3, 0.4) is 0 Å². The van der Waals surface area contributed by atoms with Gasteiger partial charge in [0.2, 0.25) is 0 Å². The topological polar surface area (TPSA) is 85.7 Å². The molecule has 104 valence electrons. The molecule has 0 saturated carbocycles. The number of aromatic nitrogens is 1. The highest BCUT2D eigenvalue weighted by Crippen LogP contribution is 2.26. The van der Waals surface area contributed by atoms with Crippen LogP contribution in [0.4, 0.5) is 0 Å². The zero-order valence-corrected chi connectivity index (χ0v) is 11.4. The second-order valence-corrected chi connectivity index (χ2v) is 4.16. The first-order chi connectivity index (χ1) is 8.82. The van der Waals surface area contributed by atoms with Gasteiger partial charge in [0.25, 0.3) is 0 Å². The van der Waals surface area contributed by atoms with E-state index >= 15 is 0 Å². The van der Waals surface area contributed by atoms with E-state index in [-0.39, 0.29) is 19.0 Å². The molecule has 6 nitrogen and oxygen atoms in total. The molecule has 6 heteroatoms. The smallest absolute Gasteiger partial charge is 0.303 e. The lowest BCUT2D eigenvalue weighted by Crippen LogP contribution is -2.10. The molecule has 0 aromatic carbocycles. The van der Waals surface area contributed by atoms with Crippen LogP contribution in [0.5, 0.6) is 5.75 Å². The van der Waals surface area contributed by atoms with E-state index in [1.165, 1.54) is 13.8 Å². The van der Waals surface area contributed by atoms with Crippen LogP contribution < -0.4 is 0 Å². The standard InChI is InChI=1S/C13H17NO5/c1-7-11(5-18-9(3)15)12(6-19-10(4)16)14-8(2)13(7)17/h17H,5-6H2,1-4H3. The van der Waals surface area contributed by atoms with Crippen molar-refractivity contribution in [3.05, 3.63) is 22.5 Å². The van der Waals surface area contributed by atoms with Gasteiger partial charge in [-0.1, -0.05) is 0 Å². The van der Waals surface area contributed by atoms with Gasteiger partial charge in [-0.3, -0.25) is 14.6 Å². The molecular weight excluding hydrogens is 250 g/mol. The van der Waals surface area contributed by atoms with Crippen molar-refractivity contribution < 1.29 is 24.2 Å². The lowest BCUT2D eigenvalue weighted by molar-refractivity contribution is -0.144. The van der Waals surface area contributed by atoms with Crippen LogP contribution in [0.15, 0.2) is 0 Å². The highest BCUT2D eigenvalue weighted by atomic mass is 16.5. The third-order valence-corrected chi connectivity index (χ3v) is 2.63. The fourth-order valence-electron chi connectivity index (χ4n) is 1.61. The number of carbonyl (C=O) groups is 2. The molecule has 0 aliphatic carbocycles. The van der Waals surface area contributed by atoms with Gasteiger partial charge in [0.15, 0.2) is 0 Å². The highest BCUT2D eigenvalue weighted by molar-refractivity contribution is 5.66. The SMILES string of the molecule is CC(=O)OCc1nc(C)c(O)c(C)c1COC(C)=O. The number of ether oxygens (including phenoxy) is 2. The van der Waals surface area contributed by atoms with Crippen LogP contribution in [0.25, 0.3) is 0 Å². The van der Waals surface area contributed by atoms with E-state index in [2.05, 4.69) is 4.98 Å². The summed E-state index contributed by atoms with van der Waals surface area (Å²) in [4.78, 5) is 25.9. The molecule has 1 heterocycles. The molecule has 1 aromatic heterocycles. The van der Waals surface area contributed by atoms with Gasteiger partial charge in [0.1, 0.15) is 19.0 Å². The number of esters is 2. The molecule has 0 spiro atoms. The monoisotopic (exact) mass is 267 g/mol. The average molecular weight is 267 g/mol. The van der Waals surface area contributed by atoms with Crippen molar-refractivity contribution in [2.24, 2.45) is 0 Å². The first kappa shape index (κ1) is 14.9. The minimum Gasteiger partial charge on any atom is -0.506 e. The Morgan fingerprint density at radius 1 is 1.11 bits per heavy atom.